The van der Waals surface area contributed by atoms with Crippen LogP contribution >= 0.6 is 11.6 Å². The number of hydrogen-bond acceptors (Lipinski definition) is 1. The highest BCUT2D eigenvalue weighted by Crippen LogP contribution is 2.21. The van der Waals surface area contributed by atoms with Gasteiger partial charge in [0, 0.05) is 0 Å². The Labute approximate surface area is 107 Å². The molecule has 1 amide bonds. The summed E-state index contributed by atoms with van der Waals surface area (Å²) in [5.41, 5.74) is -0.329. The maximum atomic E-state index is 13.5. The van der Waals surface area contributed by atoms with E-state index in [9.17, 15) is 13.6 Å². The zero-order valence-electron chi connectivity index (χ0n) is 9.08. The Balaban J connectivity index is 2.31. The first-order chi connectivity index (χ1) is 8.59. The molecule has 0 aliphatic rings. The van der Waals surface area contributed by atoms with E-state index in [0.29, 0.717) is 0 Å². The number of para-hydroxylation sites is 1. The molecule has 0 aliphatic carbocycles. The van der Waals surface area contributed by atoms with E-state index in [1.807, 2.05) is 0 Å². The zero-order chi connectivity index (χ0) is 13.1. The number of carbonyl (C=O) groups excluding carboxylic acids is 1. The normalized spacial score (nSPS) is 10.2. The summed E-state index contributed by atoms with van der Waals surface area (Å²) >= 11 is 5.74. The Morgan fingerprint density at radius 1 is 1.00 bits per heavy atom. The van der Waals surface area contributed by atoms with Crippen molar-refractivity contribution in [3.05, 3.63) is 64.7 Å². The van der Waals surface area contributed by atoms with E-state index in [1.165, 1.54) is 30.3 Å². The second-order valence-corrected chi connectivity index (χ2v) is 3.94. The van der Waals surface area contributed by atoms with E-state index in [0.717, 1.165) is 6.07 Å². The van der Waals surface area contributed by atoms with Crippen LogP contribution in [0, 0.1) is 11.6 Å². The Morgan fingerprint density at radius 3 is 2.33 bits per heavy atom. The highest BCUT2D eigenvalue weighted by Gasteiger charge is 2.16. The average molecular weight is 268 g/mol. The predicted molar refractivity (Wildman–Crippen MR) is 65.8 cm³/mol. The summed E-state index contributed by atoms with van der Waals surface area (Å²) < 4.78 is 26.8. The van der Waals surface area contributed by atoms with Crippen LogP contribution in [0.4, 0.5) is 14.5 Å². The molecular formula is C13H8ClF2NO. The van der Waals surface area contributed by atoms with Gasteiger partial charge >= 0.3 is 0 Å². The molecule has 0 unspecified atom stereocenters. The van der Waals surface area contributed by atoms with E-state index >= 15 is 0 Å². The molecule has 1 N–H and O–H groups in total. The van der Waals surface area contributed by atoms with Crippen LogP contribution in [-0.2, 0) is 0 Å². The van der Waals surface area contributed by atoms with Crippen LogP contribution in [0.3, 0.4) is 0 Å². The van der Waals surface area contributed by atoms with E-state index in [1.54, 1.807) is 6.07 Å². The summed E-state index contributed by atoms with van der Waals surface area (Å²) in [6.45, 7) is 0. The fourth-order valence-electron chi connectivity index (χ4n) is 1.46. The van der Waals surface area contributed by atoms with Crippen LogP contribution in [0.2, 0.25) is 5.02 Å². The first-order valence-corrected chi connectivity index (χ1v) is 5.47. The molecule has 0 aliphatic heterocycles. The first-order valence-electron chi connectivity index (χ1n) is 5.09. The fourth-order valence-corrected chi connectivity index (χ4v) is 1.71. The molecule has 0 radical (unpaired) electrons. The topological polar surface area (TPSA) is 29.1 Å². The molecule has 92 valence electrons. The smallest absolute Gasteiger partial charge is 0.260 e. The molecule has 0 spiro atoms. The van der Waals surface area contributed by atoms with Crippen LogP contribution in [0.25, 0.3) is 0 Å². The maximum Gasteiger partial charge on any atom is 0.260 e. The fraction of sp³-hybridized carbons (Fsp3) is 0. The van der Waals surface area contributed by atoms with Crippen LogP contribution in [-0.4, -0.2) is 5.91 Å². The number of benzene rings is 2. The van der Waals surface area contributed by atoms with Crippen LogP contribution < -0.4 is 5.32 Å². The van der Waals surface area contributed by atoms with Gasteiger partial charge in [-0.2, -0.15) is 0 Å². The number of amides is 1. The Morgan fingerprint density at radius 2 is 1.67 bits per heavy atom. The lowest BCUT2D eigenvalue weighted by atomic mass is 10.2. The van der Waals surface area contributed by atoms with Gasteiger partial charge in [-0.15, -0.1) is 0 Å². The minimum absolute atomic E-state index is 0.0242. The van der Waals surface area contributed by atoms with Crippen molar-refractivity contribution in [1.82, 2.24) is 0 Å². The predicted octanol–water partition coefficient (Wildman–Crippen LogP) is 3.87. The highest BCUT2D eigenvalue weighted by atomic mass is 35.5. The lowest BCUT2D eigenvalue weighted by Gasteiger charge is -2.08. The van der Waals surface area contributed by atoms with Gasteiger partial charge in [0.2, 0.25) is 0 Å². The van der Waals surface area contributed by atoms with Crippen molar-refractivity contribution >= 4 is 23.2 Å². The third kappa shape index (κ3) is 2.49. The molecule has 0 bridgehead atoms. The number of carbonyl (C=O) groups is 1. The van der Waals surface area contributed by atoms with Crippen molar-refractivity contribution in [2.75, 3.05) is 5.32 Å². The number of rotatable bonds is 2. The van der Waals surface area contributed by atoms with Gasteiger partial charge in [0.05, 0.1) is 16.3 Å². The van der Waals surface area contributed by atoms with E-state index in [-0.39, 0.29) is 16.3 Å². The minimum atomic E-state index is -0.789. The maximum absolute atomic E-state index is 13.5. The van der Waals surface area contributed by atoms with Gasteiger partial charge in [-0.05, 0) is 24.3 Å². The van der Waals surface area contributed by atoms with Crippen molar-refractivity contribution in [1.29, 1.82) is 0 Å². The van der Waals surface area contributed by atoms with Gasteiger partial charge in [-0.25, -0.2) is 8.78 Å². The highest BCUT2D eigenvalue weighted by molar-refractivity contribution is 6.34. The Kier molecular flexibility index (Phi) is 3.58. The van der Waals surface area contributed by atoms with Gasteiger partial charge in [0.1, 0.15) is 11.6 Å². The van der Waals surface area contributed by atoms with Crippen molar-refractivity contribution in [3.8, 4) is 0 Å². The van der Waals surface area contributed by atoms with Gasteiger partial charge in [-0.1, -0.05) is 29.8 Å². The summed E-state index contributed by atoms with van der Waals surface area (Å²) in [6.07, 6.45) is 0. The quantitative estimate of drug-likeness (QED) is 0.879. The van der Waals surface area contributed by atoms with Crippen LogP contribution in [0.15, 0.2) is 42.5 Å². The van der Waals surface area contributed by atoms with E-state index in [2.05, 4.69) is 5.32 Å². The summed E-state index contributed by atoms with van der Waals surface area (Å²) in [5.74, 6) is -2.14. The molecule has 2 nitrogen and oxygen atoms in total. The van der Waals surface area contributed by atoms with Crippen molar-refractivity contribution in [2.24, 2.45) is 0 Å². The van der Waals surface area contributed by atoms with Gasteiger partial charge < -0.3 is 5.32 Å². The van der Waals surface area contributed by atoms with Gasteiger partial charge in [-0.3, -0.25) is 4.79 Å². The van der Waals surface area contributed by atoms with E-state index < -0.39 is 17.5 Å². The average Bonchev–Trinajstić information content (AvgIpc) is 2.32. The molecule has 0 atom stereocenters. The zero-order valence-corrected chi connectivity index (χ0v) is 9.84. The van der Waals surface area contributed by atoms with E-state index in [4.69, 9.17) is 11.6 Å². The third-order valence-electron chi connectivity index (χ3n) is 2.31. The first kappa shape index (κ1) is 12.5. The lowest BCUT2D eigenvalue weighted by molar-refractivity contribution is 0.102. The second kappa shape index (κ2) is 5.14. The third-order valence-corrected chi connectivity index (χ3v) is 2.63. The second-order valence-electron chi connectivity index (χ2n) is 3.53. The number of hydrogen-bond donors (Lipinski definition) is 1. The number of halogens is 3. The summed E-state index contributed by atoms with van der Waals surface area (Å²) in [4.78, 5) is 11.8. The molecule has 0 aromatic heterocycles. The minimum Gasteiger partial charge on any atom is -0.319 e. The monoisotopic (exact) mass is 267 g/mol. The molecule has 2 aromatic rings. The molecule has 18 heavy (non-hydrogen) atoms. The summed E-state index contributed by atoms with van der Waals surface area (Å²) in [7, 11) is 0. The largest absolute Gasteiger partial charge is 0.319 e. The SMILES string of the molecule is O=C(Nc1ccccc1F)c1c(F)cccc1Cl. The number of anilines is 1. The molecular weight excluding hydrogens is 260 g/mol. The standard InChI is InChI=1S/C13H8ClF2NO/c14-8-4-3-6-10(16)12(8)13(18)17-11-7-2-1-5-9(11)15/h1-7H,(H,17,18). The molecule has 0 heterocycles. The molecule has 0 saturated heterocycles. The molecule has 5 heteroatoms. The Hall–Kier alpha value is -1.94. The molecule has 0 saturated carbocycles. The Bertz CT molecular complexity index is 581. The summed E-state index contributed by atoms with van der Waals surface area (Å²) in [6, 6.07) is 9.50. The van der Waals surface area contributed by atoms with Gasteiger partial charge in [0.15, 0.2) is 0 Å². The summed E-state index contributed by atoms with van der Waals surface area (Å²) in [5, 5.41) is 2.25. The molecule has 0 fully saturated rings. The van der Waals surface area contributed by atoms with Crippen molar-refractivity contribution < 1.29 is 13.6 Å². The lowest BCUT2D eigenvalue weighted by Crippen LogP contribution is -2.15. The van der Waals surface area contributed by atoms with Crippen LogP contribution in [0.1, 0.15) is 10.4 Å². The molecule has 2 aromatic carbocycles. The van der Waals surface area contributed by atoms with Crippen LogP contribution in [0.5, 0.6) is 0 Å². The van der Waals surface area contributed by atoms with Crippen molar-refractivity contribution in [3.63, 3.8) is 0 Å². The van der Waals surface area contributed by atoms with Gasteiger partial charge in [0.25, 0.3) is 5.91 Å². The van der Waals surface area contributed by atoms with Crippen molar-refractivity contribution in [2.45, 2.75) is 0 Å². The number of nitrogens with one attached hydrogen (secondary N) is 1. The molecule has 2 rings (SSSR count).